The van der Waals surface area contributed by atoms with Crippen molar-refractivity contribution in [2.24, 2.45) is 0 Å². The van der Waals surface area contributed by atoms with Crippen LogP contribution in [0.25, 0.3) is 0 Å². The SMILES string of the molecule is C[N+](C)(C)CCOP(=O)([O-])O.C[N+](C)(C)CCOP(=O)([O-])OC[C@H](O)CO. The Morgan fingerprint density at radius 3 is 1.63 bits per heavy atom. The van der Waals surface area contributed by atoms with Gasteiger partial charge in [-0.15, -0.1) is 0 Å². The largest absolute Gasteiger partial charge is 0.756 e. The Balaban J connectivity index is 0. The number of aliphatic hydroxyl groups excluding tert-OH is 2. The van der Waals surface area contributed by atoms with Crippen LogP contribution in [-0.4, -0.2) is 112 Å². The van der Waals surface area contributed by atoms with Crippen LogP contribution in [0.1, 0.15) is 0 Å². The molecule has 0 fully saturated rings. The lowest BCUT2D eigenvalue weighted by Crippen LogP contribution is -2.37. The molecule has 0 aliphatic heterocycles. The maximum atomic E-state index is 11.1. The van der Waals surface area contributed by atoms with E-state index in [2.05, 4.69) is 13.6 Å². The summed E-state index contributed by atoms with van der Waals surface area (Å²) >= 11 is 0. The van der Waals surface area contributed by atoms with Crippen LogP contribution < -0.4 is 9.79 Å². The number of aliphatic hydroxyl groups is 2. The van der Waals surface area contributed by atoms with Gasteiger partial charge in [0.2, 0.25) is 0 Å². The van der Waals surface area contributed by atoms with Crippen molar-refractivity contribution in [2.75, 3.05) is 81.8 Å². The quantitative estimate of drug-likeness (QED) is 0.222. The molecule has 3 N–H and O–H groups in total. The van der Waals surface area contributed by atoms with Gasteiger partial charge in [0.15, 0.2) is 0 Å². The Morgan fingerprint density at radius 2 is 1.30 bits per heavy atom. The highest BCUT2D eigenvalue weighted by Crippen LogP contribution is 2.38. The van der Waals surface area contributed by atoms with Gasteiger partial charge in [-0.1, -0.05) is 0 Å². The monoisotopic (exact) mass is 440 g/mol. The first-order valence-electron chi connectivity index (χ1n) is 8.05. The van der Waals surface area contributed by atoms with Gasteiger partial charge in [-0.05, 0) is 0 Å². The molecule has 27 heavy (non-hydrogen) atoms. The lowest BCUT2D eigenvalue weighted by atomic mass is 10.4. The molecule has 0 aliphatic rings. The Labute approximate surface area is 160 Å². The average molecular weight is 440 g/mol. The molecule has 0 radical (unpaired) electrons. The first-order chi connectivity index (χ1) is 11.9. The summed E-state index contributed by atoms with van der Waals surface area (Å²) in [6.07, 6.45) is -1.22. The van der Waals surface area contributed by atoms with Crippen LogP contribution in [0.4, 0.5) is 0 Å². The van der Waals surface area contributed by atoms with Crippen molar-refractivity contribution in [1.29, 1.82) is 0 Å². The maximum absolute atomic E-state index is 11.1. The molecule has 166 valence electrons. The molecule has 0 aromatic rings. The fourth-order valence-corrected chi connectivity index (χ4v) is 2.17. The molecular weight excluding hydrogens is 406 g/mol. The summed E-state index contributed by atoms with van der Waals surface area (Å²) in [6.45, 7) is 0.0196. The normalized spacial score (nSPS) is 18.0. The molecule has 0 aromatic heterocycles. The third kappa shape index (κ3) is 26.1. The minimum atomic E-state index is -4.51. The molecule has 0 aromatic carbocycles. The van der Waals surface area contributed by atoms with Crippen LogP contribution >= 0.6 is 15.6 Å². The van der Waals surface area contributed by atoms with E-state index in [1.54, 1.807) is 0 Å². The second-order valence-corrected chi connectivity index (χ2v) is 10.3. The van der Waals surface area contributed by atoms with Crippen molar-refractivity contribution in [1.82, 2.24) is 0 Å². The van der Waals surface area contributed by atoms with E-state index < -0.39 is 35.0 Å². The molecule has 0 heterocycles. The smallest absolute Gasteiger partial charge is 0.268 e. The molecule has 14 heteroatoms. The highest BCUT2D eigenvalue weighted by atomic mass is 31.2. The number of hydrogen-bond acceptors (Lipinski definition) is 9. The maximum Gasteiger partial charge on any atom is 0.268 e. The summed E-state index contributed by atoms with van der Waals surface area (Å²) in [7, 11) is 2.50. The molecule has 0 saturated carbocycles. The molecule has 0 rings (SSSR count). The molecular formula is C13H34N2O10P2. The molecule has 0 spiro atoms. The summed E-state index contributed by atoms with van der Waals surface area (Å²) in [5.74, 6) is 0. The molecule has 12 nitrogen and oxygen atoms in total. The third-order valence-corrected chi connectivity index (χ3v) is 4.14. The summed E-state index contributed by atoms with van der Waals surface area (Å²) in [4.78, 5) is 29.4. The zero-order valence-electron chi connectivity index (χ0n) is 16.8. The predicted molar refractivity (Wildman–Crippen MR) is 94.2 cm³/mol. The highest BCUT2D eigenvalue weighted by Gasteiger charge is 2.15. The number of phosphoric acid groups is 2. The number of rotatable bonds is 12. The molecule has 2 unspecified atom stereocenters. The van der Waals surface area contributed by atoms with Crippen LogP contribution in [-0.2, 0) is 22.7 Å². The third-order valence-electron chi connectivity index (χ3n) is 2.66. The number of phosphoric ester groups is 2. The number of nitrogens with zero attached hydrogens (tertiary/aromatic N) is 2. The summed E-state index contributed by atoms with van der Waals surface area (Å²) < 4.78 is 35.4. The number of likely N-dealkylation sites (N-methyl/N-ethyl adjacent to an activating group) is 2. The zero-order valence-corrected chi connectivity index (χ0v) is 18.6. The first-order valence-corrected chi connectivity index (χ1v) is 11.0. The van der Waals surface area contributed by atoms with Crippen molar-refractivity contribution in [3.05, 3.63) is 0 Å². The van der Waals surface area contributed by atoms with Crippen molar-refractivity contribution in [2.45, 2.75) is 6.10 Å². The van der Waals surface area contributed by atoms with Gasteiger partial charge in [0.25, 0.3) is 15.6 Å². The van der Waals surface area contributed by atoms with E-state index in [1.165, 1.54) is 0 Å². The fourth-order valence-electron chi connectivity index (χ4n) is 1.12. The van der Waals surface area contributed by atoms with E-state index in [4.69, 9.17) is 15.1 Å². The molecule has 0 bridgehead atoms. The van der Waals surface area contributed by atoms with E-state index in [0.29, 0.717) is 22.1 Å². The van der Waals surface area contributed by atoms with Crippen LogP contribution in [0.15, 0.2) is 0 Å². The lowest BCUT2D eigenvalue weighted by Gasteiger charge is -2.27. The first kappa shape index (κ1) is 29.3. The summed E-state index contributed by atoms with van der Waals surface area (Å²) in [6, 6.07) is 0. The van der Waals surface area contributed by atoms with Gasteiger partial charge in [-0.2, -0.15) is 0 Å². The highest BCUT2D eigenvalue weighted by molar-refractivity contribution is 7.45. The number of hydrogen-bond donors (Lipinski definition) is 3. The predicted octanol–water partition coefficient (Wildman–Crippen LogP) is -2.28. The Bertz CT molecular complexity index is 486. The van der Waals surface area contributed by atoms with Crippen molar-refractivity contribution >= 4 is 15.6 Å². The van der Waals surface area contributed by atoms with Crippen molar-refractivity contribution < 1.29 is 56.6 Å². The Kier molecular flexibility index (Phi) is 13.6. The zero-order chi connectivity index (χ0) is 21.9. The Morgan fingerprint density at radius 1 is 0.889 bits per heavy atom. The molecule has 0 amide bonds. The van der Waals surface area contributed by atoms with E-state index in [-0.39, 0.29) is 13.2 Å². The van der Waals surface area contributed by atoms with Gasteiger partial charge in [0.05, 0.1) is 55.5 Å². The van der Waals surface area contributed by atoms with E-state index in [0.717, 1.165) is 0 Å². The van der Waals surface area contributed by atoms with Crippen molar-refractivity contribution in [3.8, 4) is 0 Å². The van der Waals surface area contributed by atoms with E-state index >= 15 is 0 Å². The van der Waals surface area contributed by atoms with E-state index in [1.807, 2.05) is 42.3 Å². The topological polar surface area (TPSA) is 169 Å². The van der Waals surface area contributed by atoms with Gasteiger partial charge in [0, 0.05) is 0 Å². The van der Waals surface area contributed by atoms with Gasteiger partial charge >= 0.3 is 0 Å². The molecule has 0 aliphatic carbocycles. The lowest BCUT2D eigenvalue weighted by molar-refractivity contribution is -0.870. The molecule has 3 atom stereocenters. The standard InChI is InChI=1S/C8H20NO6P.C5H14NO4P/c1-9(2,3)4-5-14-16(12,13)15-7-8(11)6-10;1-6(2,3)4-5-10-11(7,8)9/h8,10-11H,4-7H2,1-3H3;4-5H2,1-3H3,(H-,7,8,9)/t8-;/m1./s1. The van der Waals surface area contributed by atoms with Gasteiger partial charge in [-0.25, -0.2) is 0 Å². The Hall–Kier alpha value is 0.0600. The van der Waals surface area contributed by atoms with Gasteiger partial charge < -0.3 is 47.4 Å². The van der Waals surface area contributed by atoms with Crippen molar-refractivity contribution in [3.63, 3.8) is 0 Å². The summed E-state index contributed by atoms with van der Waals surface area (Å²) in [5, 5.41) is 17.3. The minimum Gasteiger partial charge on any atom is -0.756 e. The van der Waals surface area contributed by atoms with Gasteiger partial charge in [0.1, 0.15) is 32.4 Å². The van der Waals surface area contributed by atoms with E-state index in [9.17, 15) is 18.9 Å². The van der Waals surface area contributed by atoms with Crippen LogP contribution in [0.3, 0.4) is 0 Å². The average Bonchev–Trinajstić information content (AvgIpc) is 2.41. The van der Waals surface area contributed by atoms with Gasteiger partial charge in [-0.3, -0.25) is 9.13 Å². The molecule has 0 saturated heterocycles. The van der Waals surface area contributed by atoms with Crippen LogP contribution in [0.2, 0.25) is 0 Å². The second-order valence-electron chi connectivity index (χ2n) is 7.74. The fraction of sp³-hybridized carbons (Fsp3) is 1.00. The van der Waals surface area contributed by atoms with Crippen LogP contribution in [0, 0.1) is 0 Å². The number of quaternary nitrogens is 2. The minimum absolute atomic E-state index is 0.0134. The van der Waals surface area contributed by atoms with Crippen LogP contribution in [0.5, 0.6) is 0 Å². The second kappa shape index (κ2) is 12.6. The summed E-state index contributed by atoms with van der Waals surface area (Å²) in [5.41, 5.74) is 0.